The molecule has 0 amide bonds. The summed E-state index contributed by atoms with van der Waals surface area (Å²) in [7, 11) is 0. The SMILES string of the molecule is CCc1ccc(-c2cc(C(=O)O)c3cc4c(cc3n2)OCCCO4)cc1. The van der Waals surface area contributed by atoms with Gasteiger partial charge in [-0.05, 0) is 24.1 Å². The molecule has 1 aliphatic heterocycles. The fraction of sp³-hybridized carbons (Fsp3) is 0.238. The second-order valence-electron chi connectivity index (χ2n) is 6.28. The second-order valence-corrected chi connectivity index (χ2v) is 6.28. The molecule has 0 aliphatic carbocycles. The van der Waals surface area contributed by atoms with Gasteiger partial charge in [0, 0.05) is 23.4 Å². The van der Waals surface area contributed by atoms with Crippen molar-refractivity contribution < 1.29 is 19.4 Å². The van der Waals surface area contributed by atoms with Crippen LogP contribution in [0.1, 0.15) is 29.3 Å². The molecule has 4 rings (SSSR count). The Kier molecular flexibility index (Phi) is 4.21. The lowest BCUT2D eigenvalue weighted by Gasteiger charge is -2.12. The van der Waals surface area contributed by atoms with E-state index >= 15 is 0 Å². The zero-order chi connectivity index (χ0) is 18.1. The van der Waals surface area contributed by atoms with Crippen molar-refractivity contribution in [2.75, 3.05) is 13.2 Å². The van der Waals surface area contributed by atoms with Gasteiger partial charge in [-0.3, -0.25) is 0 Å². The first kappa shape index (κ1) is 16.4. The minimum absolute atomic E-state index is 0.209. The van der Waals surface area contributed by atoms with E-state index in [1.807, 2.05) is 24.3 Å². The Labute approximate surface area is 151 Å². The lowest BCUT2D eigenvalue weighted by molar-refractivity contribution is 0.0699. The molecule has 0 fully saturated rings. The van der Waals surface area contributed by atoms with E-state index in [1.54, 1.807) is 18.2 Å². The number of pyridine rings is 1. The van der Waals surface area contributed by atoms with Gasteiger partial charge in [-0.15, -0.1) is 0 Å². The Morgan fingerprint density at radius 1 is 1.08 bits per heavy atom. The zero-order valence-corrected chi connectivity index (χ0v) is 14.5. The van der Waals surface area contributed by atoms with Crippen LogP contribution in [0.4, 0.5) is 0 Å². The number of carbonyl (C=O) groups is 1. The molecule has 0 saturated carbocycles. The maximum absolute atomic E-state index is 11.8. The Balaban J connectivity index is 1.90. The number of ether oxygens (including phenoxy) is 2. The third-order valence-corrected chi connectivity index (χ3v) is 4.57. The van der Waals surface area contributed by atoms with E-state index in [0.29, 0.717) is 41.3 Å². The van der Waals surface area contributed by atoms with Crippen LogP contribution in [-0.2, 0) is 6.42 Å². The molecule has 26 heavy (non-hydrogen) atoms. The molecule has 0 unspecified atom stereocenters. The van der Waals surface area contributed by atoms with Crippen molar-refractivity contribution in [3.8, 4) is 22.8 Å². The van der Waals surface area contributed by atoms with Crippen molar-refractivity contribution in [3.63, 3.8) is 0 Å². The van der Waals surface area contributed by atoms with Crippen LogP contribution in [-0.4, -0.2) is 29.3 Å². The summed E-state index contributed by atoms with van der Waals surface area (Å²) in [6.45, 7) is 3.22. The van der Waals surface area contributed by atoms with Gasteiger partial charge in [-0.1, -0.05) is 31.2 Å². The van der Waals surface area contributed by atoms with Crippen molar-refractivity contribution in [3.05, 3.63) is 53.6 Å². The van der Waals surface area contributed by atoms with E-state index in [0.717, 1.165) is 18.4 Å². The van der Waals surface area contributed by atoms with Crippen LogP contribution >= 0.6 is 0 Å². The van der Waals surface area contributed by atoms with E-state index < -0.39 is 5.97 Å². The molecule has 132 valence electrons. The van der Waals surface area contributed by atoms with E-state index in [2.05, 4.69) is 11.9 Å². The highest BCUT2D eigenvalue weighted by molar-refractivity contribution is 6.04. The minimum Gasteiger partial charge on any atom is -0.490 e. The first-order valence-corrected chi connectivity index (χ1v) is 8.72. The van der Waals surface area contributed by atoms with Crippen molar-refractivity contribution in [2.24, 2.45) is 0 Å². The number of aryl methyl sites for hydroxylation is 1. The van der Waals surface area contributed by atoms with E-state index in [1.165, 1.54) is 5.56 Å². The average molecular weight is 349 g/mol. The molecule has 0 saturated heterocycles. The smallest absolute Gasteiger partial charge is 0.336 e. The van der Waals surface area contributed by atoms with Crippen LogP contribution in [0.25, 0.3) is 22.2 Å². The quantitative estimate of drug-likeness (QED) is 0.762. The van der Waals surface area contributed by atoms with Crippen molar-refractivity contribution >= 4 is 16.9 Å². The first-order chi connectivity index (χ1) is 12.7. The van der Waals surface area contributed by atoms with Gasteiger partial charge in [0.25, 0.3) is 0 Å². The van der Waals surface area contributed by atoms with Gasteiger partial charge in [-0.2, -0.15) is 0 Å². The molecule has 0 spiro atoms. The number of carboxylic acids is 1. The molecular formula is C21H19NO4. The molecular weight excluding hydrogens is 330 g/mol. The summed E-state index contributed by atoms with van der Waals surface area (Å²) in [5.41, 5.74) is 3.54. The van der Waals surface area contributed by atoms with Crippen molar-refractivity contribution in [1.82, 2.24) is 4.98 Å². The highest BCUT2D eigenvalue weighted by Gasteiger charge is 2.18. The largest absolute Gasteiger partial charge is 0.490 e. The summed E-state index contributed by atoms with van der Waals surface area (Å²) >= 11 is 0. The maximum atomic E-state index is 11.8. The molecule has 0 atom stereocenters. The number of nitrogens with zero attached hydrogens (tertiary/aromatic N) is 1. The number of carboxylic acid groups (broad SMARTS) is 1. The Morgan fingerprint density at radius 2 is 1.77 bits per heavy atom. The average Bonchev–Trinajstić information content (AvgIpc) is 2.90. The predicted molar refractivity (Wildman–Crippen MR) is 99.1 cm³/mol. The van der Waals surface area contributed by atoms with Crippen LogP contribution in [0, 0.1) is 0 Å². The fourth-order valence-corrected chi connectivity index (χ4v) is 3.12. The Hall–Kier alpha value is -3.08. The summed E-state index contributed by atoms with van der Waals surface area (Å²) in [5, 5.41) is 10.2. The third kappa shape index (κ3) is 2.96. The van der Waals surface area contributed by atoms with Crippen LogP contribution < -0.4 is 9.47 Å². The summed E-state index contributed by atoms with van der Waals surface area (Å²) in [6.07, 6.45) is 1.74. The Bertz CT molecular complexity index is 979. The third-order valence-electron chi connectivity index (χ3n) is 4.57. The van der Waals surface area contributed by atoms with Crippen LogP contribution in [0.2, 0.25) is 0 Å². The standard InChI is InChI=1S/C21H19NO4/c1-2-13-4-6-14(7-5-13)17-10-16(21(23)24)15-11-19-20(12-18(15)22-17)26-9-3-8-25-19/h4-7,10-12H,2-3,8-9H2,1H3,(H,23,24). The van der Waals surface area contributed by atoms with Gasteiger partial charge in [0.2, 0.25) is 0 Å². The van der Waals surface area contributed by atoms with Crippen LogP contribution in [0.15, 0.2) is 42.5 Å². The summed E-state index contributed by atoms with van der Waals surface area (Å²) in [4.78, 5) is 16.5. The second kappa shape index (κ2) is 6.67. The highest BCUT2D eigenvalue weighted by Crippen LogP contribution is 2.36. The van der Waals surface area contributed by atoms with Crippen molar-refractivity contribution in [1.29, 1.82) is 0 Å². The highest BCUT2D eigenvalue weighted by atomic mass is 16.5. The summed E-state index contributed by atoms with van der Waals surface area (Å²) in [6, 6.07) is 13.1. The predicted octanol–water partition coefficient (Wildman–Crippen LogP) is 4.32. The number of aromatic carboxylic acids is 1. The molecule has 1 N–H and O–H groups in total. The van der Waals surface area contributed by atoms with E-state index in [4.69, 9.17) is 9.47 Å². The number of aromatic nitrogens is 1. The minimum atomic E-state index is -0.988. The molecule has 0 bridgehead atoms. The molecule has 1 aromatic heterocycles. The van der Waals surface area contributed by atoms with Crippen LogP contribution in [0.3, 0.4) is 0 Å². The van der Waals surface area contributed by atoms with Crippen LogP contribution in [0.5, 0.6) is 11.5 Å². The fourth-order valence-electron chi connectivity index (χ4n) is 3.12. The molecule has 2 aromatic carbocycles. The number of rotatable bonds is 3. The molecule has 1 aliphatic rings. The molecule has 5 heteroatoms. The van der Waals surface area contributed by atoms with Gasteiger partial charge in [-0.25, -0.2) is 9.78 Å². The number of benzene rings is 2. The molecule has 3 aromatic rings. The Morgan fingerprint density at radius 3 is 2.42 bits per heavy atom. The number of hydrogen-bond donors (Lipinski definition) is 1. The number of fused-ring (bicyclic) bond motifs is 2. The topological polar surface area (TPSA) is 68.7 Å². The molecule has 0 radical (unpaired) electrons. The van der Waals surface area contributed by atoms with Gasteiger partial charge in [0.15, 0.2) is 11.5 Å². The summed E-state index contributed by atoms with van der Waals surface area (Å²) in [5.74, 6) is 0.190. The summed E-state index contributed by atoms with van der Waals surface area (Å²) < 4.78 is 11.4. The first-order valence-electron chi connectivity index (χ1n) is 8.72. The zero-order valence-electron chi connectivity index (χ0n) is 14.5. The van der Waals surface area contributed by atoms with E-state index in [-0.39, 0.29) is 5.56 Å². The van der Waals surface area contributed by atoms with Gasteiger partial charge in [0.05, 0.1) is 30.0 Å². The maximum Gasteiger partial charge on any atom is 0.336 e. The van der Waals surface area contributed by atoms with Crippen molar-refractivity contribution in [2.45, 2.75) is 19.8 Å². The van der Waals surface area contributed by atoms with E-state index in [9.17, 15) is 9.90 Å². The lowest BCUT2D eigenvalue weighted by Crippen LogP contribution is -2.01. The number of hydrogen-bond acceptors (Lipinski definition) is 4. The van der Waals surface area contributed by atoms with Gasteiger partial charge < -0.3 is 14.6 Å². The normalized spacial score (nSPS) is 13.4. The monoisotopic (exact) mass is 349 g/mol. The van der Waals surface area contributed by atoms with Gasteiger partial charge in [0.1, 0.15) is 0 Å². The molecule has 2 heterocycles. The lowest BCUT2D eigenvalue weighted by atomic mass is 10.0. The molecule has 5 nitrogen and oxygen atoms in total. The van der Waals surface area contributed by atoms with Gasteiger partial charge >= 0.3 is 5.97 Å².